The van der Waals surface area contributed by atoms with E-state index in [0.29, 0.717) is 13.0 Å². The van der Waals surface area contributed by atoms with Gasteiger partial charge in [-0.1, -0.05) is 5.57 Å². The van der Waals surface area contributed by atoms with Crippen molar-refractivity contribution >= 4 is 5.78 Å². The molecule has 1 rings (SSSR count). The van der Waals surface area contributed by atoms with E-state index in [9.17, 15) is 4.79 Å². The molecule has 0 aromatic carbocycles. The highest BCUT2D eigenvalue weighted by atomic mass is 16.5. The minimum Gasteiger partial charge on any atom is -0.373 e. The highest BCUT2D eigenvalue weighted by Gasteiger charge is 2.34. The van der Waals surface area contributed by atoms with E-state index in [1.54, 1.807) is 0 Å². The Labute approximate surface area is 67.2 Å². The van der Waals surface area contributed by atoms with E-state index >= 15 is 0 Å². The van der Waals surface area contributed by atoms with Crippen LogP contribution in [0.3, 0.4) is 0 Å². The van der Waals surface area contributed by atoms with Gasteiger partial charge in [0.05, 0.1) is 6.10 Å². The Hall–Kier alpha value is -0.630. The second-order valence-electron chi connectivity index (χ2n) is 2.98. The van der Waals surface area contributed by atoms with E-state index in [4.69, 9.17) is 4.74 Å². The third-order valence-electron chi connectivity index (χ3n) is 1.90. The lowest BCUT2D eigenvalue weighted by Crippen LogP contribution is -2.36. The van der Waals surface area contributed by atoms with Crippen molar-refractivity contribution in [1.82, 2.24) is 0 Å². The predicted octanol–water partition coefficient (Wildman–Crippen LogP) is 1.70. The van der Waals surface area contributed by atoms with Gasteiger partial charge in [-0.2, -0.15) is 0 Å². The first-order chi connectivity index (χ1) is 5.16. The van der Waals surface area contributed by atoms with E-state index in [2.05, 4.69) is 0 Å². The molecule has 0 radical (unpaired) electrons. The van der Waals surface area contributed by atoms with Gasteiger partial charge >= 0.3 is 0 Å². The quantitative estimate of drug-likeness (QED) is 0.566. The largest absolute Gasteiger partial charge is 0.373 e. The van der Waals surface area contributed by atoms with Gasteiger partial charge in [0.2, 0.25) is 0 Å². The first-order valence-corrected chi connectivity index (χ1v) is 3.99. The van der Waals surface area contributed by atoms with Crippen molar-refractivity contribution in [3.05, 3.63) is 11.1 Å². The summed E-state index contributed by atoms with van der Waals surface area (Å²) in [6, 6.07) is 0. The smallest absolute Gasteiger partial charge is 0.164 e. The molecule has 0 aromatic rings. The Balaban J connectivity index is 2.63. The fraction of sp³-hybridized carbons (Fsp3) is 0.667. The summed E-state index contributed by atoms with van der Waals surface area (Å²) in [5.74, 6) is 0.253. The summed E-state index contributed by atoms with van der Waals surface area (Å²) >= 11 is 0. The minimum absolute atomic E-state index is 0.0949. The maximum absolute atomic E-state index is 11.0. The number of ether oxygens (including phenoxy) is 1. The number of rotatable bonds is 2. The van der Waals surface area contributed by atoms with E-state index in [-0.39, 0.29) is 11.9 Å². The normalized spacial score (nSPS) is 23.4. The van der Waals surface area contributed by atoms with Crippen LogP contribution in [-0.4, -0.2) is 18.5 Å². The van der Waals surface area contributed by atoms with Gasteiger partial charge in [-0.25, -0.2) is 0 Å². The average Bonchev–Trinajstić information content (AvgIpc) is 1.85. The van der Waals surface area contributed by atoms with Crippen molar-refractivity contribution in [2.24, 2.45) is 0 Å². The van der Waals surface area contributed by atoms with Crippen LogP contribution < -0.4 is 0 Å². The third-order valence-corrected chi connectivity index (χ3v) is 1.90. The number of hydrogen-bond donors (Lipinski definition) is 0. The predicted molar refractivity (Wildman–Crippen MR) is 43.4 cm³/mol. The first-order valence-electron chi connectivity index (χ1n) is 3.99. The Morgan fingerprint density at radius 3 is 2.64 bits per heavy atom. The van der Waals surface area contributed by atoms with Crippen molar-refractivity contribution in [3.8, 4) is 0 Å². The van der Waals surface area contributed by atoms with Crippen LogP contribution in [0.2, 0.25) is 0 Å². The molecule has 2 nitrogen and oxygen atoms in total. The average molecular weight is 154 g/mol. The first kappa shape index (κ1) is 8.47. The lowest BCUT2D eigenvalue weighted by atomic mass is 9.84. The molecule has 0 amide bonds. The second-order valence-corrected chi connectivity index (χ2v) is 2.98. The number of ketones is 1. The van der Waals surface area contributed by atoms with Crippen LogP contribution in [0.5, 0.6) is 0 Å². The molecule has 0 N–H and O–H groups in total. The molecule has 0 saturated heterocycles. The van der Waals surface area contributed by atoms with Crippen molar-refractivity contribution in [1.29, 1.82) is 0 Å². The van der Waals surface area contributed by atoms with E-state index in [0.717, 1.165) is 11.1 Å². The summed E-state index contributed by atoms with van der Waals surface area (Å²) in [6.07, 6.45) is 0.673. The molecular formula is C9H14O2. The molecule has 0 heterocycles. The Bertz CT molecular complexity index is 200. The van der Waals surface area contributed by atoms with Gasteiger partial charge in [0, 0.05) is 18.6 Å². The number of carbonyl (C=O) groups excluding carboxylic acids is 1. The number of carbonyl (C=O) groups is 1. The monoisotopic (exact) mass is 154 g/mol. The zero-order valence-electron chi connectivity index (χ0n) is 7.31. The fourth-order valence-electron chi connectivity index (χ4n) is 1.37. The van der Waals surface area contributed by atoms with Gasteiger partial charge in [0.1, 0.15) is 0 Å². The zero-order chi connectivity index (χ0) is 8.43. The summed E-state index contributed by atoms with van der Waals surface area (Å²) in [6.45, 7) is 6.55. The van der Waals surface area contributed by atoms with Gasteiger partial charge in [0.25, 0.3) is 0 Å². The standard InChI is InChI=1S/C9H14O2/c1-4-11-8-5-7(10)9(8)6(2)3/h8H,4-5H2,1-3H3. The molecule has 1 atom stereocenters. The number of hydrogen-bond acceptors (Lipinski definition) is 2. The molecule has 1 saturated carbocycles. The molecule has 1 unspecified atom stereocenters. The molecular weight excluding hydrogens is 140 g/mol. The van der Waals surface area contributed by atoms with Crippen LogP contribution in [0.4, 0.5) is 0 Å². The van der Waals surface area contributed by atoms with Gasteiger partial charge < -0.3 is 4.74 Å². The van der Waals surface area contributed by atoms with Crippen molar-refractivity contribution in [3.63, 3.8) is 0 Å². The molecule has 0 spiro atoms. The number of Topliss-reactive ketones (excluding diaryl/α,β-unsaturated/α-hetero) is 1. The van der Waals surface area contributed by atoms with Crippen molar-refractivity contribution in [2.75, 3.05) is 6.61 Å². The van der Waals surface area contributed by atoms with Crippen molar-refractivity contribution in [2.45, 2.75) is 33.3 Å². The fourth-order valence-corrected chi connectivity index (χ4v) is 1.37. The zero-order valence-corrected chi connectivity index (χ0v) is 7.31. The van der Waals surface area contributed by atoms with Gasteiger partial charge in [-0.05, 0) is 20.8 Å². The maximum Gasteiger partial charge on any atom is 0.164 e. The highest BCUT2D eigenvalue weighted by molar-refractivity contribution is 6.04. The maximum atomic E-state index is 11.0. The summed E-state index contributed by atoms with van der Waals surface area (Å²) in [4.78, 5) is 11.0. The summed E-state index contributed by atoms with van der Waals surface area (Å²) in [5.41, 5.74) is 1.99. The lowest BCUT2D eigenvalue weighted by molar-refractivity contribution is -0.125. The molecule has 11 heavy (non-hydrogen) atoms. The lowest BCUT2D eigenvalue weighted by Gasteiger charge is -2.29. The SMILES string of the molecule is CCOC1CC(=O)C1=C(C)C. The van der Waals surface area contributed by atoms with E-state index < -0.39 is 0 Å². The van der Waals surface area contributed by atoms with Gasteiger partial charge in [-0.3, -0.25) is 4.79 Å². The molecule has 0 aromatic heterocycles. The molecule has 0 aliphatic heterocycles. The van der Waals surface area contributed by atoms with Gasteiger partial charge in [-0.15, -0.1) is 0 Å². The van der Waals surface area contributed by atoms with Crippen LogP contribution >= 0.6 is 0 Å². The van der Waals surface area contributed by atoms with Crippen LogP contribution in [0.1, 0.15) is 27.2 Å². The number of allylic oxidation sites excluding steroid dienone is 1. The molecule has 1 aliphatic rings. The Morgan fingerprint density at radius 1 is 1.64 bits per heavy atom. The van der Waals surface area contributed by atoms with E-state index in [1.165, 1.54) is 0 Å². The molecule has 2 heteroatoms. The highest BCUT2D eigenvalue weighted by Crippen LogP contribution is 2.28. The molecule has 0 bridgehead atoms. The second kappa shape index (κ2) is 3.18. The van der Waals surface area contributed by atoms with Crippen LogP contribution in [-0.2, 0) is 9.53 Å². The molecule has 1 aliphatic carbocycles. The summed E-state index contributed by atoms with van der Waals surface area (Å²) < 4.78 is 5.34. The van der Waals surface area contributed by atoms with Crippen LogP contribution in [0.15, 0.2) is 11.1 Å². The summed E-state index contributed by atoms with van der Waals surface area (Å²) in [5, 5.41) is 0. The Morgan fingerprint density at radius 2 is 2.27 bits per heavy atom. The Kier molecular flexibility index (Phi) is 2.45. The topological polar surface area (TPSA) is 26.3 Å². The van der Waals surface area contributed by atoms with Crippen molar-refractivity contribution < 1.29 is 9.53 Å². The third kappa shape index (κ3) is 1.51. The van der Waals surface area contributed by atoms with Crippen LogP contribution in [0.25, 0.3) is 0 Å². The van der Waals surface area contributed by atoms with E-state index in [1.807, 2.05) is 20.8 Å². The minimum atomic E-state index is 0.0949. The molecule has 1 fully saturated rings. The van der Waals surface area contributed by atoms with Gasteiger partial charge in [0.15, 0.2) is 5.78 Å². The molecule has 62 valence electrons. The van der Waals surface area contributed by atoms with Crippen LogP contribution in [0, 0.1) is 0 Å². The summed E-state index contributed by atoms with van der Waals surface area (Å²) in [7, 11) is 0.